The molecule has 0 unspecified atom stereocenters. The van der Waals surface area contributed by atoms with Gasteiger partial charge in [-0.25, -0.2) is 28.8 Å². The molecule has 0 amide bonds. The van der Waals surface area contributed by atoms with Gasteiger partial charge in [0, 0.05) is 35.5 Å². The van der Waals surface area contributed by atoms with Crippen LogP contribution >= 0.6 is 0 Å². The Morgan fingerprint density at radius 2 is 0.578 bits per heavy atom. The van der Waals surface area contributed by atoms with E-state index in [1.807, 2.05) is 0 Å². The van der Waals surface area contributed by atoms with E-state index in [2.05, 4.69) is 39.5 Å². The molecule has 0 aliphatic heterocycles. The Labute approximate surface area is 260 Å². The van der Waals surface area contributed by atoms with Crippen LogP contribution in [0.15, 0.2) is 74.9 Å². The molecule has 0 aromatic carbocycles. The van der Waals surface area contributed by atoms with Crippen molar-refractivity contribution < 1.29 is 90.0 Å². The first-order valence-corrected chi connectivity index (χ1v) is 11.4. The number of carboxylic acid groups (broad SMARTS) is 6. The molecule has 0 aromatic heterocycles. The molecule has 0 spiro atoms. The Hall–Kier alpha value is -4.98. The minimum Gasteiger partial charge on any atom is -0.478 e. The molecular formula is C27H46O18. The van der Waals surface area contributed by atoms with Crippen molar-refractivity contribution in [2.45, 2.75) is 13.8 Å². The van der Waals surface area contributed by atoms with Crippen molar-refractivity contribution in [3.05, 3.63) is 74.9 Å². The van der Waals surface area contributed by atoms with Crippen LogP contribution in [-0.2, 0) is 28.8 Å². The molecule has 0 saturated heterocycles. The average molecular weight is 659 g/mol. The van der Waals surface area contributed by atoms with Crippen molar-refractivity contribution in [3.8, 4) is 0 Å². The van der Waals surface area contributed by atoms with Gasteiger partial charge in [-0.1, -0.05) is 39.5 Å². The minimum absolute atomic E-state index is 0.125. The molecule has 0 radical (unpaired) electrons. The number of aliphatic hydroxyl groups is 6. The minimum atomic E-state index is -1.11. The third kappa shape index (κ3) is 92.7. The van der Waals surface area contributed by atoms with Gasteiger partial charge in [0.05, 0.1) is 45.1 Å². The summed E-state index contributed by atoms with van der Waals surface area (Å²) >= 11 is 0. The fourth-order valence-electron chi connectivity index (χ4n) is 0.300. The average Bonchev–Trinajstić information content (AvgIpc) is 3.00. The summed E-state index contributed by atoms with van der Waals surface area (Å²) in [6.45, 7) is 19.2. The lowest BCUT2D eigenvalue weighted by Gasteiger charge is -2.23. The molecule has 18 nitrogen and oxygen atoms in total. The quantitative estimate of drug-likeness (QED) is 0.121. The summed E-state index contributed by atoms with van der Waals surface area (Å²) in [5.41, 5.74) is -0.759. The van der Waals surface area contributed by atoms with E-state index in [0.29, 0.717) is 0 Å². The number of hydrogen-bond donors (Lipinski definition) is 12. The third-order valence-corrected chi connectivity index (χ3v) is 2.87. The van der Waals surface area contributed by atoms with E-state index in [4.69, 9.17) is 61.3 Å². The molecule has 45 heavy (non-hydrogen) atoms. The molecule has 0 aliphatic carbocycles. The smallest absolute Gasteiger partial charge is 0.330 e. The van der Waals surface area contributed by atoms with Gasteiger partial charge in [0.25, 0.3) is 0 Å². The molecule has 0 aromatic rings. The fraction of sp³-hybridized carbons (Fsp3) is 0.333. The van der Waals surface area contributed by atoms with Gasteiger partial charge in [-0.05, 0) is 13.8 Å². The second-order valence-corrected chi connectivity index (χ2v) is 6.92. The number of hydrogen-bond acceptors (Lipinski definition) is 12. The van der Waals surface area contributed by atoms with Crippen molar-refractivity contribution in [1.82, 2.24) is 0 Å². The molecule has 0 bridgehead atoms. The molecule has 12 N–H and O–H groups in total. The Morgan fingerprint density at radius 1 is 0.467 bits per heavy atom. The lowest BCUT2D eigenvalue weighted by Crippen LogP contribution is -2.37. The molecule has 0 atom stereocenters. The zero-order valence-electron chi connectivity index (χ0n) is 25.1. The lowest BCUT2D eigenvalue weighted by atomic mass is 9.93. The van der Waals surface area contributed by atoms with Crippen LogP contribution in [0.2, 0.25) is 0 Å². The van der Waals surface area contributed by atoms with Crippen LogP contribution in [0.1, 0.15) is 13.8 Å². The van der Waals surface area contributed by atoms with Gasteiger partial charge < -0.3 is 61.3 Å². The van der Waals surface area contributed by atoms with Crippen LogP contribution in [0.5, 0.6) is 0 Å². The van der Waals surface area contributed by atoms with Crippen LogP contribution in [0.25, 0.3) is 0 Å². The Bertz CT molecular complexity index is 747. The summed E-state index contributed by atoms with van der Waals surface area (Å²) in [4.78, 5) is 56.2. The predicted molar refractivity (Wildman–Crippen MR) is 161 cm³/mol. The van der Waals surface area contributed by atoms with Crippen LogP contribution < -0.4 is 0 Å². The maximum atomic E-state index is 9.60. The highest BCUT2D eigenvalue weighted by atomic mass is 16.4. The Morgan fingerprint density at radius 3 is 0.578 bits per heavy atom. The van der Waals surface area contributed by atoms with Crippen LogP contribution in [0.3, 0.4) is 0 Å². The van der Waals surface area contributed by atoms with Crippen molar-refractivity contribution in [2.24, 2.45) is 5.41 Å². The van der Waals surface area contributed by atoms with E-state index in [0.717, 1.165) is 24.3 Å². The van der Waals surface area contributed by atoms with Gasteiger partial charge >= 0.3 is 35.8 Å². The third-order valence-electron chi connectivity index (χ3n) is 2.87. The summed E-state index contributed by atoms with van der Waals surface area (Å²) in [6.07, 6.45) is 3.33. The van der Waals surface area contributed by atoms with Crippen LogP contribution in [0.4, 0.5) is 0 Å². The fourth-order valence-corrected chi connectivity index (χ4v) is 0.300. The molecular weight excluding hydrogens is 612 g/mol. The van der Waals surface area contributed by atoms with Crippen molar-refractivity contribution in [3.63, 3.8) is 0 Å². The number of aliphatic hydroxyl groups excluding tert-OH is 6. The molecule has 18 heteroatoms. The molecule has 0 fully saturated rings. The van der Waals surface area contributed by atoms with E-state index < -0.39 is 67.7 Å². The molecule has 0 aliphatic rings. The van der Waals surface area contributed by atoms with Gasteiger partial charge in [0.2, 0.25) is 0 Å². The summed E-state index contributed by atoms with van der Waals surface area (Å²) in [6, 6.07) is 0. The Balaban J connectivity index is -0.0000000587. The Kier molecular flexibility index (Phi) is 60.7. The van der Waals surface area contributed by atoms with Gasteiger partial charge in [-0.15, -0.1) is 0 Å². The highest BCUT2D eigenvalue weighted by molar-refractivity contribution is 5.85. The monoisotopic (exact) mass is 658 g/mol. The zero-order chi connectivity index (χ0) is 38.2. The summed E-state index contributed by atoms with van der Waals surface area (Å²) in [5.74, 6) is -5.80. The summed E-state index contributed by atoms with van der Waals surface area (Å²) in [5, 5.41) is 95.4. The zero-order valence-corrected chi connectivity index (χ0v) is 25.1. The van der Waals surface area contributed by atoms with Gasteiger partial charge in [-0.3, -0.25) is 0 Å². The van der Waals surface area contributed by atoms with Gasteiger partial charge in [-0.2, -0.15) is 0 Å². The highest BCUT2D eigenvalue weighted by Gasteiger charge is 2.26. The number of carboxylic acids is 6. The van der Waals surface area contributed by atoms with E-state index in [1.165, 1.54) is 13.8 Å². The van der Waals surface area contributed by atoms with Crippen molar-refractivity contribution >= 4 is 35.8 Å². The van der Waals surface area contributed by atoms with Crippen LogP contribution in [-0.4, -0.2) is 137 Å². The molecule has 0 saturated carbocycles. The van der Waals surface area contributed by atoms with E-state index in [1.54, 1.807) is 0 Å². The maximum absolute atomic E-state index is 9.60. The van der Waals surface area contributed by atoms with E-state index in [9.17, 15) is 28.8 Å². The first-order valence-electron chi connectivity index (χ1n) is 11.4. The number of rotatable bonds is 11. The van der Waals surface area contributed by atoms with Gasteiger partial charge in [0.15, 0.2) is 0 Å². The van der Waals surface area contributed by atoms with Crippen LogP contribution in [0, 0.1) is 5.41 Å². The first-order chi connectivity index (χ1) is 20.5. The molecule has 262 valence electrons. The molecule has 0 rings (SSSR count). The maximum Gasteiger partial charge on any atom is 0.330 e. The van der Waals surface area contributed by atoms with Crippen molar-refractivity contribution in [2.75, 3.05) is 39.6 Å². The number of carbonyl (C=O) groups is 6. The normalized spacial score (nSPS) is 7.91. The SMILES string of the molecule is C=C(C)C(=O)O.C=C(C)C(=O)O.C=CC(=O)O.C=CC(=O)O.C=CC(=O)O.C=CC(=O)O.OCC(CO)(CO)CO.OCCO. The highest BCUT2D eigenvalue weighted by Crippen LogP contribution is 2.11. The summed E-state index contributed by atoms with van der Waals surface area (Å²) in [7, 11) is 0. The second-order valence-electron chi connectivity index (χ2n) is 6.92. The number of aliphatic carboxylic acids is 6. The summed E-state index contributed by atoms with van der Waals surface area (Å²) < 4.78 is 0. The second kappa shape index (κ2) is 46.0. The standard InChI is InChI=1S/C5H12O4.2C4H6O2.4C3H4O2.C2H6O2/c6-1-5(2-7,3-8)4-9;2*1-3(2)4(5)6;4*1-2-3(4)5;3-1-2-4/h6-9H,1-4H2;2*1H2,2H3,(H,5,6);4*2H,1H2,(H,4,5);3-4H,1-2H2. The largest absolute Gasteiger partial charge is 0.478 e. The van der Waals surface area contributed by atoms with E-state index >= 15 is 0 Å². The topological polar surface area (TPSA) is 345 Å². The molecule has 0 heterocycles. The lowest BCUT2D eigenvalue weighted by molar-refractivity contribution is -0.133. The van der Waals surface area contributed by atoms with Gasteiger partial charge in [0.1, 0.15) is 0 Å². The predicted octanol–water partition coefficient (Wildman–Crippen LogP) is -0.765. The first kappa shape index (κ1) is 59.4. The van der Waals surface area contributed by atoms with E-state index in [-0.39, 0.29) is 24.4 Å². The van der Waals surface area contributed by atoms with Crippen molar-refractivity contribution in [1.29, 1.82) is 0 Å².